The van der Waals surface area contributed by atoms with Crippen molar-refractivity contribution in [1.82, 2.24) is 15.6 Å². The van der Waals surface area contributed by atoms with Crippen LogP contribution in [-0.2, 0) is 16.1 Å². The molecule has 0 unspecified atom stereocenters. The van der Waals surface area contributed by atoms with Crippen molar-refractivity contribution in [1.29, 1.82) is 0 Å². The van der Waals surface area contributed by atoms with Gasteiger partial charge in [0.05, 0.1) is 13.2 Å². The van der Waals surface area contributed by atoms with E-state index in [0.29, 0.717) is 19.8 Å². The summed E-state index contributed by atoms with van der Waals surface area (Å²) in [4.78, 5) is 29.8. The predicted octanol–water partition coefficient (Wildman–Crippen LogP) is 0.227. The van der Waals surface area contributed by atoms with Gasteiger partial charge in [0.25, 0.3) is 0 Å². The minimum absolute atomic E-state index is 0.0562. The number of rotatable bonds is 6. The number of aromatic nitrogens is 1. The zero-order valence-electron chi connectivity index (χ0n) is 14.1. The van der Waals surface area contributed by atoms with E-state index in [9.17, 15) is 9.59 Å². The number of hydrogen-bond donors (Lipinski definition) is 3. The number of morpholine rings is 1. The summed E-state index contributed by atoms with van der Waals surface area (Å²) >= 11 is 0. The van der Waals surface area contributed by atoms with Gasteiger partial charge in [-0.1, -0.05) is 19.9 Å². The van der Waals surface area contributed by atoms with E-state index < -0.39 is 12.1 Å². The van der Waals surface area contributed by atoms with E-state index in [-0.39, 0.29) is 11.8 Å². The van der Waals surface area contributed by atoms with Crippen molar-refractivity contribution >= 4 is 17.8 Å². The molecule has 2 heterocycles. The van der Waals surface area contributed by atoms with Crippen LogP contribution in [-0.4, -0.2) is 49.3 Å². The number of amides is 3. The van der Waals surface area contributed by atoms with Crippen LogP contribution in [0.4, 0.5) is 10.6 Å². The molecule has 1 fully saturated rings. The van der Waals surface area contributed by atoms with Gasteiger partial charge in [0.15, 0.2) is 0 Å². The molecule has 0 saturated carbocycles. The number of pyridine rings is 1. The maximum atomic E-state index is 12.2. The molecule has 1 aromatic heterocycles. The molecule has 1 atom stereocenters. The molecular weight excluding hydrogens is 310 g/mol. The molecule has 0 spiro atoms. The fourth-order valence-corrected chi connectivity index (χ4v) is 2.49. The zero-order chi connectivity index (χ0) is 17.5. The minimum Gasteiger partial charge on any atom is -0.378 e. The van der Waals surface area contributed by atoms with Gasteiger partial charge in [-0.15, -0.1) is 0 Å². The van der Waals surface area contributed by atoms with Crippen LogP contribution in [0, 0.1) is 5.92 Å². The molecule has 1 aliphatic heterocycles. The highest BCUT2D eigenvalue weighted by molar-refractivity contribution is 5.86. The predicted molar refractivity (Wildman–Crippen MR) is 90.5 cm³/mol. The number of nitrogens with one attached hydrogen (secondary N) is 2. The number of urea groups is 1. The molecule has 4 N–H and O–H groups in total. The maximum Gasteiger partial charge on any atom is 0.312 e. The Balaban J connectivity index is 1.88. The first-order valence-corrected chi connectivity index (χ1v) is 8.08. The summed E-state index contributed by atoms with van der Waals surface area (Å²) < 4.78 is 5.32. The van der Waals surface area contributed by atoms with E-state index in [1.807, 2.05) is 26.0 Å². The maximum absolute atomic E-state index is 12.2. The van der Waals surface area contributed by atoms with Crippen molar-refractivity contribution in [2.24, 2.45) is 11.7 Å². The second-order valence-corrected chi connectivity index (χ2v) is 6.07. The van der Waals surface area contributed by atoms with Crippen molar-refractivity contribution in [3.8, 4) is 0 Å². The van der Waals surface area contributed by atoms with E-state index in [2.05, 4.69) is 20.5 Å². The summed E-state index contributed by atoms with van der Waals surface area (Å²) in [5.41, 5.74) is 6.00. The largest absolute Gasteiger partial charge is 0.378 e. The highest BCUT2D eigenvalue weighted by Crippen LogP contribution is 2.13. The first-order valence-electron chi connectivity index (χ1n) is 8.08. The Kier molecular flexibility index (Phi) is 6.36. The van der Waals surface area contributed by atoms with Gasteiger partial charge in [-0.3, -0.25) is 4.79 Å². The Morgan fingerprint density at radius 1 is 1.33 bits per heavy atom. The summed E-state index contributed by atoms with van der Waals surface area (Å²) in [6, 6.07) is 2.52. The second kappa shape index (κ2) is 8.49. The molecule has 1 aliphatic rings. The van der Waals surface area contributed by atoms with Gasteiger partial charge in [-0.05, 0) is 17.5 Å². The number of anilines is 1. The Labute approximate surface area is 141 Å². The average Bonchev–Trinajstić information content (AvgIpc) is 2.58. The van der Waals surface area contributed by atoms with Gasteiger partial charge in [-0.2, -0.15) is 0 Å². The lowest BCUT2D eigenvalue weighted by molar-refractivity contribution is -0.124. The van der Waals surface area contributed by atoms with E-state index >= 15 is 0 Å². The van der Waals surface area contributed by atoms with Crippen LogP contribution >= 0.6 is 0 Å². The number of primary amides is 1. The van der Waals surface area contributed by atoms with E-state index in [1.165, 1.54) is 0 Å². The SMILES string of the molecule is CC(C)[C@H](NC(N)=O)C(=O)NCc1ccc(N2CCOCC2)nc1. The van der Waals surface area contributed by atoms with Crippen LogP contribution in [0.2, 0.25) is 0 Å². The Morgan fingerprint density at radius 2 is 2.04 bits per heavy atom. The normalized spacial score (nSPS) is 15.9. The quantitative estimate of drug-likeness (QED) is 0.689. The van der Waals surface area contributed by atoms with Crippen LogP contribution in [0.1, 0.15) is 19.4 Å². The molecule has 1 aromatic rings. The van der Waals surface area contributed by atoms with Crippen LogP contribution in [0.15, 0.2) is 18.3 Å². The third kappa shape index (κ3) is 5.09. The third-order valence-electron chi connectivity index (χ3n) is 3.86. The summed E-state index contributed by atoms with van der Waals surface area (Å²) in [6.45, 7) is 7.12. The van der Waals surface area contributed by atoms with E-state index in [1.54, 1.807) is 6.20 Å². The van der Waals surface area contributed by atoms with Gasteiger partial charge in [-0.25, -0.2) is 9.78 Å². The van der Waals surface area contributed by atoms with Gasteiger partial charge >= 0.3 is 6.03 Å². The summed E-state index contributed by atoms with van der Waals surface area (Å²) in [6.07, 6.45) is 1.75. The van der Waals surface area contributed by atoms with Crippen molar-refractivity contribution in [3.63, 3.8) is 0 Å². The molecule has 8 nitrogen and oxygen atoms in total. The van der Waals surface area contributed by atoms with Gasteiger partial charge in [0.2, 0.25) is 5.91 Å². The topological polar surface area (TPSA) is 110 Å². The number of nitrogens with two attached hydrogens (primary N) is 1. The molecule has 0 aromatic carbocycles. The Morgan fingerprint density at radius 3 is 2.58 bits per heavy atom. The summed E-state index contributed by atoms with van der Waals surface area (Å²) in [7, 11) is 0. The monoisotopic (exact) mass is 335 g/mol. The molecule has 0 bridgehead atoms. The molecule has 0 aliphatic carbocycles. The standard InChI is InChI=1S/C16H25N5O3/c1-11(2)14(20-16(17)23)15(22)19-10-12-3-4-13(18-9-12)21-5-7-24-8-6-21/h3-4,9,11,14H,5-8,10H2,1-2H3,(H,19,22)(H3,17,20,23)/t14-/m0/s1. The second-order valence-electron chi connectivity index (χ2n) is 6.07. The zero-order valence-corrected chi connectivity index (χ0v) is 14.1. The van der Waals surface area contributed by atoms with Crippen molar-refractivity contribution in [2.45, 2.75) is 26.4 Å². The highest BCUT2D eigenvalue weighted by atomic mass is 16.5. The van der Waals surface area contributed by atoms with Crippen LogP contribution in [0.3, 0.4) is 0 Å². The van der Waals surface area contributed by atoms with Crippen molar-refractivity contribution in [2.75, 3.05) is 31.2 Å². The Bertz CT molecular complexity index is 555. The lowest BCUT2D eigenvalue weighted by atomic mass is 10.0. The smallest absolute Gasteiger partial charge is 0.312 e. The van der Waals surface area contributed by atoms with Crippen molar-refractivity contribution < 1.29 is 14.3 Å². The van der Waals surface area contributed by atoms with E-state index in [4.69, 9.17) is 10.5 Å². The van der Waals surface area contributed by atoms with Gasteiger partial charge < -0.3 is 26.0 Å². The number of carbonyl (C=O) groups excluding carboxylic acids is 2. The number of nitrogens with zero attached hydrogens (tertiary/aromatic N) is 2. The molecule has 8 heteroatoms. The van der Waals surface area contributed by atoms with Crippen molar-refractivity contribution in [3.05, 3.63) is 23.9 Å². The molecule has 132 valence electrons. The Hall–Kier alpha value is -2.35. The van der Waals surface area contributed by atoms with E-state index in [0.717, 1.165) is 24.5 Å². The number of carbonyl (C=O) groups is 2. The minimum atomic E-state index is -0.708. The molecule has 2 rings (SSSR count). The molecular formula is C16H25N5O3. The van der Waals surface area contributed by atoms with Crippen LogP contribution in [0.25, 0.3) is 0 Å². The molecule has 0 radical (unpaired) electrons. The van der Waals surface area contributed by atoms with Crippen LogP contribution < -0.4 is 21.3 Å². The highest BCUT2D eigenvalue weighted by Gasteiger charge is 2.23. The number of ether oxygens (including phenoxy) is 1. The third-order valence-corrected chi connectivity index (χ3v) is 3.86. The number of hydrogen-bond acceptors (Lipinski definition) is 5. The molecule has 24 heavy (non-hydrogen) atoms. The molecule has 3 amide bonds. The fraction of sp³-hybridized carbons (Fsp3) is 0.562. The fourth-order valence-electron chi connectivity index (χ4n) is 2.49. The van der Waals surface area contributed by atoms with Gasteiger partial charge in [0.1, 0.15) is 11.9 Å². The lowest BCUT2D eigenvalue weighted by Crippen LogP contribution is -2.51. The average molecular weight is 335 g/mol. The summed E-state index contributed by atoms with van der Waals surface area (Å²) in [5.74, 6) is 0.587. The first kappa shape index (κ1) is 18.0. The van der Waals surface area contributed by atoms with Gasteiger partial charge in [0, 0.05) is 25.8 Å². The molecule has 1 saturated heterocycles. The lowest BCUT2D eigenvalue weighted by Gasteiger charge is -2.27. The first-order chi connectivity index (χ1) is 11.5. The summed E-state index contributed by atoms with van der Waals surface area (Å²) in [5, 5.41) is 5.26. The van der Waals surface area contributed by atoms with Crippen LogP contribution in [0.5, 0.6) is 0 Å².